The second-order valence-electron chi connectivity index (χ2n) is 5.59. The predicted octanol–water partition coefficient (Wildman–Crippen LogP) is 3.81. The van der Waals surface area contributed by atoms with Crippen LogP contribution in [0.3, 0.4) is 0 Å². The second-order valence-corrected chi connectivity index (χ2v) is 6.43. The van der Waals surface area contributed by atoms with Gasteiger partial charge in [-0.25, -0.2) is 4.79 Å². The molecule has 5 nitrogen and oxygen atoms in total. The summed E-state index contributed by atoms with van der Waals surface area (Å²) >= 11 is 12.0. The Balaban J connectivity index is 1.46. The van der Waals surface area contributed by atoms with Gasteiger partial charge in [-0.1, -0.05) is 35.3 Å². The summed E-state index contributed by atoms with van der Waals surface area (Å²) in [6.45, 7) is 1.87. The molecule has 3 rings (SSSR count). The minimum Gasteiger partial charge on any atom is -0.486 e. The van der Waals surface area contributed by atoms with Crippen molar-refractivity contribution in [1.82, 2.24) is 10.6 Å². The molecule has 1 heterocycles. The number of nitrogens with one attached hydrogen (secondary N) is 2. The van der Waals surface area contributed by atoms with Crippen molar-refractivity contribution in [1.29, 1.82) is 0 Å². The molecule has 2 N–H and O–H groups in total. The largest absolute Gasteiger partial charge is 0.486 e. The maximum atomic E-state index is 11.9. The maximum absolute atomic E-state index is 11.9. The number of ether oxygens (including phenoxy) is 2. The van der Waals surface area contributed by atoms with Gasteiger partial charge in [0.05, 0.1) is 5.02 Å². The molecule has 2 aromatic rings. The second kappa shape index (κ2) is 8.32. The number of rotatable bonds is 5. The molecule has 0 atom stereocenters. The van der Waals surface area contributed by atoms with Gasteiger partial charge in [0.25, 0.3) is 0 Å². The third kappa shape index (κ3) is 4.94. The van der Waals surface area contributed by atoms with Crippen LogP contribution in [0.25, 0.3) is 0 Å². The Morgan fingerprint density at radius 2 is 1.76 bits per heavy atom. The average molecular weight is 381 g/mol. The van der Waals surface area contributed by atoms with E-state index in [1.54, 1.807) is 6.07 Å². The van der Waals surface area contributed by atoms with Gasteiger partial charge in [-0.2, -0.15) is 0 Å². The monoisotopic (exact) mass is 380 g/mol. The first-order valence-electron chi connectivity index (χ1n) is 7.96. The molecule has 0 bridgehead atoms. The fourth-order valence-electron chi connectivity index (χ4n) is 2.48. The molecule has 1 aliphatic rings. The molecule has 0 spiro atoms. The van der Waals surface area contributed by atoms with Crippen molar-refractivity contribution in [3.63, 3.8) is 0 Å². The zero-order chi connectivity index (χ0) is 17.6. The van der Waals surface area contributed by atoms with Crippen LogP contribution in [0.5, 0.6) is 11.5 Å². The Hall–Kier alpha value is -2.11. The lowest BCUT2D eigenvalue weighted by Crippen LogP contribution is -2.36. The van der Waals surface area contributed by atoms with Gasteiger partial charge in [0.15, 0.2) is 11.5 Å². The molecule has 132 valence electrons. The summed E-state index contributed by atoms with van der Waals surface area (Å²) in [4.78, 5) is 11.9. The molecule has 0 aromatic heterocycles. The highest BCUT2D eigenvalue weighted by Crippen LogP contribution is 2.38. The Morgan fingerprint density at radius 3 is 2.56 bits per heavy atom. The molecule has 0 saturated carbocycles. The van der Waals surface area contributed by atoms with Crippen LogP contribution < -0.4 is 20.1 Å². The summed E-state index contributed by atoms with van der Waals surface area (Å²) in [5, 5.41) is 6.81. The highest BCUT2D eigenvalue weighted by molar-refractivity contribution is 6.32. The Bertz CT molecular complexity index is 751. The van der Waals surface area contributed by atoms with Crippen LogP contribution in [0.15, 0.2) is 36.4 Å². The Morgan fingerprint density at radius 1 is 1.00 bits per heavy atom. The first-order chi connectivity index (χ1) is 12.1. The number of urea groups is 1. The van der Waals surface area contributed by atoms with Crippen LogP contribution in [0, 0.1) is 0 Å². The quantitative estimate of drug-likeness (QED) is 0.828. The summed E-state index contributed by atoms with van der Waals surface area (Å²) in [5.74, 6) is 1.17. The topological polar surface area (TPSA) is 59.6 Å². The third-order valence-electron chi connectivity index (χ3n) is 3.72. The van der Waals surface area contributed by atoms with Crippen molar-refractivity contribution in [3.05, 3.63) is 57.6 Å². The highest BCUT2D eigenvalue weighted by atomic mass is 35.5. The molecule has 0 saturated heterocycles. The average Bonchev–Trinajstić information content (AvgIpc) is 2.62. The first kappa shape index (κ1) is 17.7. The standard InChI is InChI=1S/C18H18Cl2N2O3/c19-14-3-1-12(2-4-14)5-6-21-18(23)22-11-13-9-15(20)17-16(10-13)24-7-8-25-17/h1-4,9-10H,5-8,11H2,(H2,21,22,23). The number of carbonyl (C=O) groups excluding carboxylic acids is 1. The molecule has 0 aliphatic carbocycles. The number of carbonyl (C=O) groups is 1. The van der Waals surface area contributed by atoms with E-state index in [4.69, 9.17) is 32.7 Å². The normalized spacial score (nSPS) is 12.6. The lowest BCUT2D eigenvalue weighted by Gasteiger charge is -2.20. The Labute approximate surface area is 156 Å². The molecular weight excluding hydrogens is 363 g/mol. The maximum Gasteiger partial charge on any atom is 0.315 e. The molecule has 0 unspecified atom stereocenters. The van der Waals surface area contributed by atoms with Crippen LogP contribution in [-0.2, 0) is 13.0 Å². The van der Waals surface area contributed by atoms with E-state index in [1.807, 2.05) is 30.3 Å². The smallest absolute Gasteiger partial charge is 0.315 e. The lowest BCUT2D eigenvalue weighted by molar-refractivity contribution is 0.171. The molecule has 7 heteroatoms. The van der Waals surface area contributed by atoms with Crippen molar-refractivity contribution in [2.24, 2.45) is 0 Å². The fraction of sp³-hybridized carbons (Fsp3) is 0.278. The molecule has 2 amide bonds. The minimum absolute atomic E-state index is 0.236. The number of halogens is 2. The summed E-state index contributed by atoms with van der Waals surface area (Å²) in [7, 11) is 0. The van der Waals surface area contributed by atoms with E-state index >= 15 is 0 Å². The molecule has 1 aliphatic heterocycles. The van der Waals surface area contributed by atoms with Gasteiger partial charge < -0.3 is 20.1 Å². The predicted molar refractivity (Wildman–Crippen MR) is 97.8 cm³/mol. The summed E-state index contributed by atoms with van der Waals surface area (Å²) < 4.78 is 11.0. The summed E-state index contributed by atoms with van der Waals surface area (Å²) in [6, 6.07) is 10.9. The van der Waals surface area contributed by atoms with Gasteiger partial charge in [0, 0.05) is 18.1 Å². The zero-order valence-corrected chi connectivity index (χ0v) is 15.0. The van der Waals surface area contributed by atoms with E-state index < -0.39 is 0 Å². The highest BCUT2D eigenvalue weighted by Gasteiger charge is 2.16. The van der Waals surface area contributed by atoms with Gasteiger partial charge in [-0.15, -0.1) is 0 Å². The van der Waals surface area contributed by atoms with E-state index in [0.29, 0.717) is 47.8 Å². The van der Waals surface area contributed by atoms with Crippen LogP contribution in [0.2, 0.25) is 10.0 Å². The van der Waals surface area contributed by atoms with Crippen molar-refractivity contribution < 1.29 is 14.3 Å². The molecule has 2 aromatic carbocycles. The van der Waals surface area contributed by atoms with Crippen LogP contribution >= 0.6 is 23.2 Å². The number of amides is 2. The van der Waals surface area contributed by atoms with E-state index in [9.17, 15) is 4.79 Å². The SMILES string of the molecule is O=C(NCCc1ccc(Cl)cc1)NCc1cc(Cl)c2c(c1)OCCO2. The number of benzene rings is 2. The van der Waals surface area contributed by atoms with Gasteiger partial charge in [0.2, 0.25) is 0 Å². The van der Waals surface area contributed by atoms with Crippen LogP contribution in [-0.4, -0.2) is 25.8 Å². The number of hydrogen-bond acceptors (Lipinski definition) is 3. The molecule has 0 radical (unpaired) electrons. The van der Waals surface area contributed by atoms with E-state index in [1.165, 1.54) is 0 Å². The Kier molecular flexibility index (Phi) is 5.89. The fourth-order valence-corrected chi connectivity index (χ4v) is 2.90. The van der Waals surface area contributed by atoms with E-state index in [2.05, 4.69) is 10.6 Å². The minimum atomic E-state index is -0.236. The van der Waals surface area contributed by atoms with E-state index in [0.717, 1.165) is 17.5 Å². The number of hydrogen-bond donors (Lipinski definition) is 2. The van der Waals surface area contributed by atoms with Gasteiger partial charge >= 0.3 is 6.03 Å². The van der Waals surface area contributed by atoms with Crippen LogP contribution in [0.1, 0.15) is 11.1 Å². The molecular formula is C18H18Cl2N2O3. The lowest BCUT2D eigenvalue weighted by atomic mass is 10.1. The van der Waals surface area contributed by atoms with Gasteiger partial charge in [0.1, 0.15) is 13.2 Å². The molecule has 25 heavy (non-hydrogen) atoms. The number of fused-ring (bicyclic) bond motifs is 1. The van der Waals surface area contributed by atoms with Gasteiger partial charge in [-0.3, -0.25) is 0 Å². The van der Waals surface area contributed by atoms with Crippen LogP contribution in [0.4, 0.5) is 4.79 Å². The molecule has 0 fully saturated rings. The third-order valence-corrected chi connectivity index (χ3v) is 4.25. The van der Waals surface area contributed by atoms with Crippen molar-refractivity contribution in [3.8, 4) is 11.5 Å². The zero-order valence-electron chi connectivity index (χ0n) is 13.5. The van der Waals surface area contributed by atoms with Crippen molar-refractivity contribution >= 4 is 29.2 Å². The summed E-state index contributed by atoms with van der Waals surface area (Å²) in [6.07, 6.45) is 0.737. The van der Waals surface area contributed by atoms with Gasteiger partial charge in [-0.05, 0) is 41.8 Å². The van der Waals surface area contributed by atoms with E-state index in [-0.39, 0.29) is 6.03 Å². The first-order valence-corrected chi connectivity index (χ1v) is 8.71. The van der Waals surface area contributed by atoms with Crippen molar-refractivity contribution in [2.45, 2.75) is 13.0 Å². The van der Waals surface area contributed by atoms with Crippen molar-refractivity contribution in [2.75, 3.05) is 19.8 Å². The summed E-state index contributed by atoms with van der Waals surface area (Å²) in [5.41, 5.74) is 1.96.